The fourth-order valence-corrected chi connectivity index (χ4v) is 4.63. The van der Waals surface area contributed by atoms with Crippen molar-refractivity contribution in [1.82, 2.24) is 23.8 Å². The van der Waals surface area contributed by atoms with Crippen LogP contribution in [0.2, 0.25) is 0 Å². The van der Waals surface area contributed by atoms with Crippen molar-refractivity contribution >= 4 is 15.8 Å². The zero-order chi connectivity index (χ0) is 18.7. The van der Waals surface area contributed by atoms with E-state index in [0.29, 0.717) is 26.2 Å². The molecule has 27 heavy (non-hydrogen) atoms. The van der Waals surface area contributed by atoms with Gasteiger partial charge in [-0.05, 0) is 5.56 Å². The summed E-state index contributed by atoms with van der Waals surface area (Å²) in [5.74, 6) is 1.55. The first-order valence-corrected chi connectivity index (χ1v) is 10.3. The molecule has 0 N–H and O–H groups in total. The normalized spacial score (nSPS) is 15.8. The molecule has 0 aliphatic carbocycles. The molecule has 0 bridgehead atoms. The third-order valence-electron chi connectivity index (χ3n) is 4.56. The smallest absolute Gasteiger partial charge is 0.218 e. The topological polar surface area (TPSA) is 84.2 Å². The number of sulfonamides is 1. The molecule has 0 spiro atoms. The Morgan fingerprint density at radius 1 is 0.963 bits per heavy atom. The molecule has 0 atom stereocenters. The number of anilines is 1. The molecule has 0 radical (unpaired) electrons. The second-order valence-electron chi connectivity index (χ2n) is 6.33. The van der Waals surface area contributed by atoms with Crippen LogP contribution in [0.25, 0.3) is 5.82 Å². The van der Waals surface area contributed by atoms with E-state index >= 15 is 0 Å². The SMILES string of the molecule is O=S(=O)(Cc1ccccc1)N1CCN(c2cc(-n3ccnc3)ncn2)CC1. The molecule has 1 aromatic carbocycles. The number of hydrogen-bond acceptors (Lipinski definition) is 6. The van der Waals surface area contributed by atoms with E-state index in [4.69, 9.17) is 0 Å². The molecule has 9 heteroatoms. The Hall–Kier alpha value is -2.78. The molecule has 3 heterocycles. The maximum atomic E-state index is 12.7. The monoisotopic (exact) mass is 384 g/mol. The fourth-order valence-electron chi connectivity index (χ4n) is 3.12. The molecule has 1 aliphatic rings. The van der Waals surface area contributed by atoms with Gasteiger partial charge in [-0.2, -0.15) is 4.31 Å². The van der Waals surface area contributed by atoms with Gasteiger partial charge in [-0.1, -0.05) is 30.3 Å². The third kappa shape index (κ3) is 3.99. The quantitative estimate of drug-likeness (QED) is 0.660. The van der Waals surface area contributed by atoms with Crippen molar-refractivity contribution in [3.63, 3.8) is 0 Å². The Labute approximate surface area is 158 Å². The van der Waals surface area contributed by atoms with Crippen molar-refractivity contribution in [3.8, 4) is 5.82 Å². The lowest BCUT2D eigenvalue weighted by atomic mass is 10.2. The van der Waals surface area contributed by atoms with E-state index in [1.54, 1.807) is 16.8 Å². The summed E-state index contributed by atoms with van der Waals surface area (Å²) >= 11 is 0. The minimum absolute atomic E-state index is 0.0339. The van der Waals surface area contributed by atoms with Crippen molar-refractivity contribution in [2.24, 2.45) is 0 Å². The van der Waals surface area contributed by atoms with Crippen LogP contribution in [0.1, 0.15) is 5.56 Å². The molecule has 4 rings (SSSR count). The van der Waals surface area contributed by atoms with Crippen molar-refractivity contribution < 1.29 is 8.42 Å². The number of hydrogen-bond donors (Lipinski definition) is 0. The molecule has 1 fully saturated rings. The molecule has 0 amide bonds. The van der Waals surface area contributed by atoms with E-state index in [9.17, 15) is 8.42 Å². The number of nitrogens with zero attached hydrogens (tertiary/aromatic N) is 6. The van der Waals surface area contributed by atoms with E-state index in [1.807, 2.05) is 47.2 Å². The summed E-state index contributed by atoms with van der Waals surface area (Å²) in [7, 11) is -3.32. The Balaban J connectivity index is 1.42. The first-order chi connectivity index (χ1) is 13.1. The summed E-state index contributed by atoms with van der Waals surface area (Å²) < 4.78 is 28.7. The highest BCUT2D eigenvalue weighted by Gasteiger charge is 2.27. The maximum Gasteiger partial charge on any atom is 0.218 e. The zero-order valence-corrected chi connectivity index (χ0v) is 15.5. The second-order valence-corrected chi connectivity index (χ2v) is 8.30. The molecule has 3 aromatic rings. The van der Waals surface area contributed by atoms with Crippen LogP contribution in [-0.4, -0.2) is 58.4 Å². The zero-order valence-electron chi connectivity index (χ0n) is 14.7. The van der Waals surface area contributed by atoms with Crippen LogP contribution >= 0.6 is 0 Å². The van der Waals surface area contributed by atoms with E-state index in [0.717, 1.165) is 17.2 Å². The van der Waals surface area contributed by atoms with Gasteiger partial charge in [0.05, 0.1) is 5.75 Å². The van der Waals surface area contributed by atoms with Crippen LogP contribution in [0.3, 0.4) is 0 Å². The van der Waals surface area contributed by atoms with Gasteiger partial charge in [0.25, 0.3) is 0 Å². The highest BCUT2D eigenvalue weighted by molar-refractivity contribution is 7.88. The summed E-state index contributed by atoms with van der Waals surface area (Å²) in [5.41, 5.74) is 0.806. The van der Waals surface area contributed by atoms with Gasteiger partial charge in [0.2, 0.25) is 10.0 Å². The van der Waals surface area contributed by atoms with Crippen molar-refractivity contribution in [2.75, 3.05) is 31.1 Å². The van der Waals surface area contributed by atoms with Crippen molar-refractivity contribution in [3.05, 3.63) is 67.0 Å². The van der Waals surface area contributed by atoms with Crippen molar-refractivity contribution in [2.45, 2.75) is 5.75 Å². The molecular weight excluding hydrogens is 364 g/mol. The molecule has 2 aromatic heterocycles. The van der Waals surface area contributed by atoms with Crippen LogP contribution in [0.4, 0.5) is 5.82 Å². The lowest BCUT2D eigenvalue weighted by Crippen LogP contribution is -2.49. The standard InChI is InChI=1S/C18H20N6O2S/c25-27(26,13-16-4-2-1-3-5-16)24-10-8-22(9-11-24)17-12-18(21-14-20-17)23-7-6-19-15-23/h1-7,12,14-15H,8-11,13H2. The fraction of sp³-hybridized carbons (Fsp3) is 0.278. The highest BCUT2D eigenvalue weighted by atomic mass is 32.2. The van der Waals surface area contributed by atoms with Gasteiger partial charge in [-0.3, -0.25) is 4.57 Å². The Morgan fingerprint density at radius 3 is 2.41 bits per heavy atom. The summed E-state index contributed by atoms with van der Waals surface area (Å²) in [5, 5.41) is 0. The van der Waals surface area contributed by atoms with Gasteiger partial charge in [-0.25, -0.2) is 23.4 Å². The van der Waals surface area contributed by atoms with E-state index in [1.165, 1.54) is 6.33 Å². The van der Waals surface area contributed by atoms with Gasteiger partial charge in [0, 0.05) is 44.6 Å². The predicted octanol–water partition coefficient (Wildman–Crippen LogP) is 1.31. The average molecular weight is 384 g/mol. The van der Waals surface area contributed by atoms with E-state index in [2.05, 4.69) is 19.9 Å². The van der Waals surface area contributed by atoms with E-state index < -0.39 is 10.0 Å². The predicted molar refractivity (Wildman–Crippen MR) is 102 cm³/mol. The lowest BCUT2D eigenvalue weighted by Gasteiger charge is -2.34. The molecule has 8 nitrogen and oxygen atoms in total. The second kappa shape index (κ2) is 7.45. The molecular formula is C18H20N6O2S. The van der Waals surface area contributed by atoms with Crippen LogP contribution < -0.4 is 4.90 Å². The van der Waals surface area contributed by atoms with E-state index in [-0.39, 0.29) is 5.75 Å². The molecule has 1 saturated heterocycles. The minimum Gasteiger partial charge on any atom is -0.354 e. The number of aromatic nitrogens is 4. The largest absolute Gasteiger partial charge is 0.354 e. The molecule has 140 valence electrons. The van der Waals surface area contributed by atoms with Crippen LogP contribution in [0.5, 0.6) is 0 Å². The first-order valence-electron chi connectivity index (χ1n) is 8.69. The van der Waals surface area contributed by atoms with Gasteiger partial charge in [0.1, 0.15) is 24.3 Å². The number of piperazine rings is 1. The number of benzene rings is 1. The minimum atomic E-state index is -3.32. The highest BCUT2D eigenvalue weighted by Crippen LogP contribution is 2.18. The third-order valence-corrected chi connectivity index (χ3v) is 6.41. The van der Waals surface area contributed by atoms with Crippen LogP contribution in [0, 0.1) is 0 Å². The van der Waals surface area contributed by atoms with Gasteiger partial charge < -0.3 is 4.90 Å². The Kier molecular flexibility index (Phi) is 4.87. The Morgan fingerprint density at radius 2 is 1.70 bits per heavy atom. The first kappa shape index (κ1) is 17.6. The molecule has 0 saturated carbocycles. The summed E-state index contributed by atoms with van der Waals surface area (Å²) in [6, 6.07) is 11.2. The van der Waals surface area contributed by atoms with Gasteiger partial charge in [0.15, 0.2) is 0 Å². The number of rotatable bonds is 5. The lowest BCUT2D eigenvalue weighted by molar-refractivity contribution is 0.383. The maximum absolute atomic E-state index is 12.7. The average Bonchev–Trinajstić information content (AvgIpc) is 3.24. The van der Waals surface area contributed by atoms with Crippen LogP contribution in [0.15, 0.2) is 61.4 Å². The number of imidazole rings is 1. The molecule has 1 aliphatic heterocycles. The summed E-state index contributed by atoms with van der Waals surface area (Å²) in [6.45, 7) is 2.07. The van der Waals surface area contributed by atoms with Gasteiger partial charge in [-0.15, -0.1) is 0 Å². The summed E-state index contributed by atoms with van der Waals surface area (Å²) in [6.07, 6.45) is 6.71. The van der Waals surface area contributed by atoms with Crippen molar-refractivity contribution in [1.29, 1.82) is 0 Å². The Bertz CT molecular complexity index is 984. The van der Waals surface area contributed by atoms with Crippen LogP contribution in [-0.2, 0) is 15.8 Å². The summed E-state index contributed by atoms with van der Waals surface area (Å²) in [4.78, 5) is 14.7. The van der Waals surface area contributed by atoms with Gasteiger partial charge >= 0.3 is 0 Å². The molecule has 0 unspecified atom stereocenters.